The van der Waals surface area contributed by atoms with Crippen molar-refractivity contribution in [2.75, 3.05) is 20.2 Å². The van der Waals surface area contributed by atoms with Gasteiger partial charge in [-0.15, -0.1) is 0 Å². The number of sulfonamides is 1. The Labute approximate surface area is 186 Å². The Kier molecular flexibility index (Phi) is 7.55. The number of halogens is 1. The average molecular weight is 495 g/mol. The van der Waals surface area contributed by atoms with E-state index in [2.05, 4.69) is 21.2 Å². The third kappa shape index (κ3) is 5.62. The summed E-state index contributed by atoms with van der Waals surface area (Å²) in [4.78, 5) is 12.7. The molecule has 1 amide bonds. The molecule has 1 atom stereocenters. The van der Waals surface area contributed by atoms with Gasteiger partial charge >= 0.3 is 0 Å². The molecular weight excluding hydrogens is 468 g/mol. The second-order valence-corrected chi connectivity index (χ2v) is 10.4. The maximum Gasteiger partial charge on any atom is 0.223 e. The van der Waals surface area contributed by atoms with Crippen LogP contribution in [0.3, 0.4) is 0 Å². The number of para-hydroxylation sites is 1. The van der Waals surface area contributed by atoms with Gasteiger partial charge in [0, 0.05) is 29.0 Å². The van der Waals surface area contributed by atoms with Gasteiger partial charge in [0.15, 0.2) is 0 Å². The van der Waals surface area contributed by atoms with Crippen LogP contribution in [0.5, 0.6) is 5.75 Å². The molecule has 0 saturated carbocycles. The van der Waals surface area contributed by atoms with Crippen LogP contribution in [-0.4, -0.2) is 38.8 Å². The number of ether oxygens (including phenoxy) is 1. The van der Waals surface area contributed by atoms with Gasteiger partial charge in [-0.05, 0) is 43.5 Å². The minimum absolute atomic E-state index is 0.0336. The summed E-state index contributed by atoms with van der Waals surface area (Å²) in [5, 5.41) is 3.05. The molecule has 1 aliphatic heterocycles. The van der Waals surface area contributed by atoms with E-state index in [1.165, 1.54) is 4.31 Å². The highest BCUT2D eigenvalue weighted by molar-refractivity contribution is 9.10. The number of hydrogen-bond donors (Lipinski definition) is 1. The molecule has 162 valence electrons. The molecule has 30 heavy (non-hydrogen) atoms. The molecule has 2 aromatic rings. The fraction of sp³-hybridized carbons (Fsp3) is 0.409. The summed E-state index contributed by atoms with van der Waals surface area (Å²) in [5.74, 6) is 0.462. The van der Waals surface area contributed by atoms with Crippen LogP contribution in [-0.2, 0) is 20.6 Å². The molecule has 2 aromatic carbocycles. The van der Waals surface area contributed by atoms with Gasteiger partial charge in [0.2, 0.25) is 15.9 Å². The zero-order valence-electron chi connectivity index (χ0n) is 17.2. The van der Waals surface area contributed by atoms with Crippen LogP contribution in [0.25, 0.3) is 0 Å². The third-order valence-electron chi connectivity index (χ3n) is 5.42. The van der Waals surface area contributed by atoms with E-state index in [9.17, 15) is 13.2 Å². The van der Waals surface area contributed by atoms with Gasteiger partial charge in [-0.2, -0.15) is 0 Å². The van der Waals surface area contributed by atoms with Gasteiger partial charge in [0.1, 0.15) is 5.75 Å². The summed E-state index contributed by atoms with van der Waals surface area (Å²) < 4.78 is 33.3. The molecule has 0 radical (unpaired) electrons. The average Bonchev–Trinajstić information content (AvgIpc) is 2.73. The molecule has 1 fully saturated rings. The highest BCUT2D eigenvalue weighted by atomic mass is 79.9. The lowest BCUT2D eigenvalue weighted by molar-refractivity contribution is -0.126. The Balaban J connectivity index is 1.56. The Morgan fingerprint density at radius 3 is 2.57 bits per heavy atom. The fourth-order valence-corrected chi connectivity index (χ4v) is 5.76. The van der Waals surface area contributed by atoms with Crippen molar-refractivity contribution in [3.8, 4) is 5.75 Å². The second-order valence-electron chi connectivity index (χ2n) is 7.53. The molecule has 3 rings (SSSR count). The number of rotatable bonds is 7. The standard InChI is InChI=1S/C22H27BrN2O4S/c1-16(20-8-3-4-9-21(20)29-2)24-22(26)18-10-12-25(13-11-18)30(27,28)15-17-6-5-7-19(23)14-17/h3-9,14,16,18H,10-13,15H2,1-2H3,(H,24,26)/t16-/m1/s1. The van der Waals surface area contributed by atoms with E-state index in [1.807, 2.05) is 55.5 Å². The first-order valence-electron chi connectivity index (χ1n) is 9.95. The SMILES string of the molecule is COc1ccccc1[C@@H](C)NC(=O)C1CCN(S(=O)(=O)Cc2cccc(Br)c2)CC1. The quantitative estimate of drug-likeness (QED) is 0.633. The number of methoxy groups -OCH3 is 1. The van der Waals surface area contributed by atoms with E-state index in [4.69, 9.17) is 4.74 Å². The fourth-order valence-electron chi connectivity index (χ4n) is 3.76. The first kappa shape index (κ1) is 22.8. The number of benzene rings is 2. The molecule has 1 aliphatic rings. The van der Waals surface area contributed by atoms with E-state index in [0.29, 0.717) is 25.9 Å². The van der Waals surface area contributed by atoms with Crippen LogP contribution in [0.1, 0.15) is 36.9 Å². The Bertz CT molecular complexity index is 988. The number of piperidine rings is 1. The molecule has 0 bridgehead atoms. The van der Waals surface area contributed by atoms with E-state index < -0.39 is 10.0 Å². The normalized spacial score (nSPS) is 16.8. The first-order chi connectivity index (χ1) is 14.3. The molecule has 1 N–H and O–H groups in total. The van der Waals surface area contributed by atoms with E-state index in [1.54, 1.807) is 7.11 Å². The van der Waals surface area contributed by atoms with Gasteiger partial charge < -0.3 is 10.1 Å². The smallest absolute Gasteiger partial charge is 0.223 e. The summed E-state index contributed by atoms with van der Waals surface area (Å²) >= 11 is 3.37. The number of nitrogens with one attached hydrogen (secondary N) is 1. The van der Waals surface area contributed by atoms with Crippen molar-refractivity contribution >= 4 is 31.9 Å². The maximum absolute atomic E-state index is 12.8. The van der Waals surface area contributed by atoms with E-state index in [0.717, 1.165) is 21.3 Å². The van der Waals surface area contributed by atoms with Crippen LogP contribution in [0.15, 0.2) is 53.0 Å². The molecule has 8 heteroatoms. The minimum atomic E-state index is -3.41. The first-order valence-corrected chi connectivity index (χ1v) is 12.4. The third-order valence-corrected chi connectivity index (χ3v) is 7.76. The number of amides is 1. The van der Waals surface area contributed by atoms with Gasteiger partial charge in [-0.1, -0.05) is 46.3 Å². The molecule has 0 unspecified atom stereocenters. The van der Waals surface area contributed by atoms with Crippen LogP contribution < -0.4 is 10.1 Å². The Morgan fingerprint density at radius 2 is 1.90 bits per heavy atom. The second kappa shape index (κ2) is 9.94. The number of carbonyl (C=O) groups is 1. The number of carbonyl (C=O) groups excluding carboxylic acids is 1. The van der Waals surface area contributed by atoms with Crippen LogP contribution in [0.4, 0.5) is 0 Å². The van der Waals surface area contributed by atoms with Crippen LogP contribution in [0, 0.1) is 5.92 Å². The number of hydrogen-bond acceptors (Lipinski definition) is 4. The lowest BCUT2D eigenvalue weighted by Crippen LogP contribution is -2.43. The summed E-state index contributed by atoms with van der Waals surface area (Å²) in [7, 11) is -1.80. The molecule has 0 spiro atoms. The van der Waals surface area contributed by atoms with Crippen molar-refractivity contribution in [3.63, 3.8) is 0 Å². The van der Waals surface area contributed by atoms with Crippen LogP contribution >= 0.6 is 15.9 Å². The van der Waals surface area contributed by atoms with E-state index >= 15 is 0 Å². The van der Waals surface area contributed by atoms with Crippen molar-refractivity contribution in [1.29, 1.82) is 0 Å². The zero-order valence-corrected chi connectivity index (χ0v) is 19.6. The molecule has 6 nitrogen and oxygen atoms in total. The van der Waals surface area contributed by atoms with Crippen molar-refractivity contribution in [2.24, 2.45) is 5.92 Å². The predicted molar refractivity (Wildman–Crippen MR) is 121 cm³/mol. The molecular formula is C22H27BrN2O4S. The number of nitrogens with zero attached hydrogens (tertiary/aromatic N) is 1. The predicted octanol–water partition coefficient (Wildman–Crippen LogP) is 3.88. The summed E-state index contributed by atoms with van der Waals surface area (Å²) in [6, 6.07) is 14.7. The Hall–Kier alpha value is -1.90. The highest BCUT2D eigenvalue weighted by Gasteiger charge is 2.31. The molecule has 0 aliphatic carbocycles. The minimum Gasteiger partial charge on any atom is -0.496 e. The van der Waals surface area contributed by atoms with Gasteiger partial charge in [-0.3, -0.25) is 4.79 Å². The van der Waals surface area contributed by atoms with Crippen molar-refractivity contribution in [1.82, 2.24) is 9.62 Å². The summed E-state index contributed by atoms with van der Waals surface area (Å²) in [6.07, 6.45) is 1.03. The highest BCUT2D eigenvalue weighted by Crippen LogP contribution is 2.27. The summed E-state index contributed by atoms with van der Waals surface area (Å²) in [5.41, 5.74) is 1.66. The van der Waals surface area contributed by atoms with Gasteiger partial charge in [0.05, 0.1) is 18.9 Å². The van der Waals surface area contributed by atoms with Gasteiger partial charge in [0.25, 0.3) is 0 Å². The summed E-state index contributed by atoms with van der Waals surface area (Å²) in [6.45, 7) is 2.64. The lowest BCUT2D eigenvalue weighted by atomic mass is 9.96. The monoisotopic (exact) mass is 494 g/mol. The van der Waals surface area contributed by atoms with E-state index in [-0.39, 0.29) is 23.6 Å². The maximum atomic E-state index is 12.8. The molecule has 1 saturated heterocycles. The largest absolute Gasteiger partial charge is 0.496 e. The topological polar surface area (TPSA) is 75.7 Å². The zero-order chi connectivity index (χ0) is 21.7. The lowest BCUT2D eigenvalue weighted by Gasteiger charge is -2.31. The van der Waals surface area contributed by atoms with Gasteiger partial charge in [-0.25, -0.2) is 12.7 Å². The van der Waals surface area contributed by atoms with Crippen molar-refractivity contribution in [3.05, 3.63) is 64.1 Å². The van der Waals surface area contributed by atoms with Crippen molar-refractivity contribution < 1.29 is 17.9 Å². The van der Waals surface area contributed by atoms with Crippen LogP contribution in [0.2, 0.25) is 0 Å². The molecule has 0 aromatic heterocycles. The molecule has 1 heterocycles. The Morgan fingerprint density at radius 1 is 1.20 bits per heavy atom. The van der Waals surface area contributed by atoms with Crippen molar-refractivity contribution in [2.45, 2.75) is 31.6 Å².